The second kappa shape index (κ2) is 7.57. The van der Waals surface area contributed by atoms with Crippen LogP contribution < -0.4 is 10.1 Å². The highest BCUT2D eigenvalue weighted by molar-refractivity contribution is 6.32. The Morgan fingerprint density at radius 2 is 1.94 bits per heavy atom. The van der Waals surface area contributed by atoms with Crippen molar-refractivity contribution >= 4 is 11.6 Å². The minimum absolute atomic E-state index is 0.127. The summed E-state index contributed by atoms with van der Waals surface area (Å²) in [5, 5.41) is 4.06. The first-order valence-corrected chi connectivity index (χ1v) is 6.59. The fourth-order valence-electron chi connectivity index (χ4n) is 1.49. The fraction of sp³-hybridized carbons (Fsp3) is 0.571. The summed E-state index contributed by atoms with van der Waals surface area (Å²) in [6, 6.07) is 7.57. The average Bonchev–Trinajstić information content (AvgIpc) is 2.27. The van der Waals surface area contributed by atoms with Gasteiger partial charge in [-0.25, -0.2) is 0 Å². The molecule has 1 aromatic carbocycles. The van der Waals surface area contributed by atoms with Crippen molar-refractivity contribution < 1.29 is 4.74 Å². The molecule has 1 rings (SSSR count). The summed E-state index contributed by atoms with van der Waals surface area (Å²) < 4.78 is 5.76. The van der Waals surface area contributed by atoms with Crippen LogP contribution in [0.4, 0.5) is 0 Å². The van der Waals surface area contributed by atoms with E-state index in [0.29, 0.717) is 5.02 Å². The number of halogens is 1. The predicted molar refractivity (Wildman–Crippen MR) is 73.9 cm³/mol. The van der Waals surface area contributed by atoms with Gasteiger partial charge in [-0.15, -0.1) is 0 Å². The number of hydrogen-bond acceptors (Lipinski definition) is 2. The van der Waals surface area contributed by atoms with E-state index in [0.717, 1.165) is 24.8 Å². The van der Waals surface area contributed by atoms with E-state index in [1.807, 2.05) is 31.2 Å². The SMILES string of the molecule is CC(C)CCNCC(C)Oc1ccccc1Cl. The van der Waals surface area contributed by atoms with Crippen LogP contribution in [0, 0.1) is 5.92 Å². The molecule has 3 heteroatoms. The molecular weight excluding hydrogens is 234 g/mol. The highest BCUT2D eigenvalue weighted by Crippen LogP contribution is 2.23. The van der Waals surface area contributed by atoms with Crippen molar-refractivity contribution in [2.24, 2.45) is 5.92 Å². The van der Waals surface area contributed by atoms with Crippen LogP contribution in [-0.2, 0) is 0 Å². The third-order valence-corrected chi connectivity index (χ3v) is 2.81. The van der Waals surface area contributed by atoms with Gasteiger partial charge in [-0.05, 0) is 37.9 Å². The summed E-state index contributed by atoms with van der Waals surface area (Å²) >= 11 is 6.03. The van der Waals surface area contributed by atoms with Gasteiger partial charge < -0.3 is 10.1 Å². The molecule has 0 amide bonds. The van der Waals surface area contributed by atoms with Crippen molar-refractivity contribution in [1.82, 2.24) is 5.32 Å². The van der Waals surface area contributed by atoms with Crippen LogP contribution >= 0.6 is 11.6 Å². The molecule has 0 aliphatic rings. The van der Waals surface area contributed by atoms with Crippen LogP contribution in [-0.4, -0.2) is 19.2 Å². The number of hydrogen-bond donors (Lipinski definition) is 1. The van der Waals surface area contributed by atoms with Gasteiger partial charge in [0, 0.05) is 6.54 Å². The number of nitrogens with one attached hydrogen (secondary N) is 1. The summed E-state index contributed by atoms with van der Waals surface area (Å²) in [7, 11) is 0. The number of ether oxygens (including phenoxy) is 1. The van der Waals surface area contributed by atoms with Gasteiger partial charge in [-0.1, -0.05) is 37.6 Å². The monoisotopic (exact) mass is 255 g/mol. The Morgan fingerprint density at radius 1 is 1.24 bits per heavy atom. The maximum absolute atomic E-state index is 6.03. The Labute approximate surface area is 109 Å². The molecule has 0 saturated carbocycles. The molecule has 0 aliphatic heterocycles. The largest absolute Gasteiger partial charge is 0.488 e. The molecule has 0 bridgehead atoms. The van der Waals surface area contributed by atoms with E-state index in [-0.39, 0.29) is 6.10 Å². The van der Waals surface area contributed by atoms with Gasteiger partial charge in [-0.2, -0.15) is 0 Å². The highest BCUT2D eigenvalue weighted by Gasteiger charge is 2.06. The van der Waals surface area contributed by atoms with Crippen molar-refractivity contribution in [2.75, 3.05) is 13.1 Å². The second-order valence-corrected chi connectivity index (χ2v) is 5.15. The van der Waals surface area contributed by atoms with Gasteiger partial charge in [0.25, 0.3) is 0 Å². The Hall–Kier alpha value is -0.730. The molecule has 1 atom stereocenters. The predicted octanol–water partition coefficient (Wildman–Crippen LogP) is 3.74. The zero-order chi connectivity index (χ0) is 12.7. The second-order valence-electron chi connectivity index (χ2n) is 4.75. The van der Waals surface area contributed by atoms with Crippen molar-refractivity contribution in [2.45, 2.75) is 33.3 Å². The van der Waals surface area contributed by atoms with Crippen LogP contribution in [0.15, 0.2) is 24.3 Å². The molecule has 1 aromatic rings. The molecule has 96 valence electrons. The molecular formula is C14H22ClNO. The first-order valence-electron chi connectivity index (χ1n) is 6.21. The van der Waals surface area contributed by atoms with Crippen LogP contribution in [0.2, 0.25) is 5.02 Å². The summed E-state index contributed by atoms with van der Waals surface area (Å²) in [6.07, 6.45) is 1.32. The van der Waals surface area contributed by atoms with Crippen LogP contribution in [0.3, 0.4) is 0 Å². The molecule has 1 unspecified atom stereocenters. The minimum atomic E-state index is 0.127. The van der Waals surface area contributed by atoms with E-state index in [9.17, 15) is 0 Å². The molecule has 0 fully saturated rings. The summed E-state index contributed by atoms with van der Waals surface area (Å²) in [5.74, 6) is 1.50. The van der Waals surface area contributed by atoms with E-state index in [2.05, 4.69) is 19.2 Å². The van der Waals surface area contributed by atoms with Crippen LogP contribution in [0.5, 0.6) is 5.75 Å². The lowest BCUT2D eigenvalue weighted by Crippen LogP contribution is -2.30. The Morgan fingerprint density at radius 3 is 2.59 bits per heavy atom. The van der Waals surface area contributed by atoms with Crippen molar-refractivity contribution in [3.05, 3.63) is 29.3 Å². The molecule has 0 radical (unpaired) electrons. The lowest BCUT2D eigenvalue weighted by atomic mass is 10.1. The Balaban J connectivity index is 2.25. The van der Waals surface area contributed by atoms with Gasteiger partial charge in [-0.3, -0.25) is 0 Å². The minimum Gasteiger partial charge on any atom is -0.488 e. The van der Waals surface area contributed by atoms with Gasteiger partial charge in [0.05, 0.1) is 5.02 Å². The molecule has 17 heavy (non-hydrogen) atoms. The molecule has 0 heterocycles. The molecule has 0 saturated heterocycles. The number of benzene rings is 1. The molecule has 0 aromatic heterocycles. The summed E-state index contributed by atoms with van der Waals surface area (Å²) in [4.78, 5) is 0. The normalized spacial score (nSPS) is 12.8. The van der Waals surface area contributed by atoms with Gasteiger partial charge in [0.2, 0.25) is 0 Å². The molecule has 0 aliphatic carbocycles. The van der Waals surface area contributed by atoms with Crippen LogP contribution in [0.1, 0.15) is 27.2 Å². The van der Waals surface area contributed by atoms with E-state index >= 15 is 0 Å². The van der Waals surface area contributed by atoms with Crippen LogP contribution in [0.25, 0.3) is 0 Å². The maximum Gasteiger partial charge on any atom is 0.138 e. The summed E-state index contributed by atoms with van der Waals surface area (Å²) in [5.41, 5.74) is 0. The molecule has 0 spiro atoms. The standard InChI is InChI=1S/C14H22ClNO/c1-11(2)8-9-16-10-12(3)17-14-7-5-4-6-13(14)15/h4-7,11-12,16H,8-10H2,1-3H3. The Kier molecular flexibility index (Phi) is 6.38. The number of para-hydroxylation sites is 1. The van der Waals surface area contributed by atoms with E-state index in [1.54, 1.807) is 0 Å². The third kappa shape index (κ3) is 5.94. The lowest BCUT2D eigenvalue weighted by Gasteiger charge is -2.16. The topological polar surface area (TPSA) is 21.3 Å². The summed E-state index contributed by atoms with van der Waals surface area (Å²) in [6.45, 7) is 8.38. The fourth-order valence-corrected chi connectivity index (χ4v) is 1.68. The lowest BCUT2D eigenvalue weighted by molar-refractivity contribution is 0.216. The van der Waals surface area contributed by atoms with Gasteiger partial charge >= 0.3 is 0 Å². The first kappa shape index (κ1) is 14.3. The Bertz CT molecular complexity index is 328. The molecule has 1 N–H and O–H groups in total. The smallest absolute Gasteiger partial charge is 0.138 e. The quantitative estimate of drug-likeness (QED) is 0.750. The highest BCUT2D eigenvalue weighted by atomic mass is 35.5. The van der Waals surface area contributed by atoms with E-state index in [4.69, 9.17) is 16.3 Å². The number of rotatable bonds is 7. The van der Waals surface area contributed by atoms with Crippen molar-refractivity contribution in [3.8, 4) is 5.75 Å². The zero-order valence-corrected chi connectivity index (χ0v) is 11.6. The first-order chi connectivity index (χ1) is 8.09. The van der Waals surface area contributed by atoms with E-state index in [1.165, 1.54) is 6.42 Å². The van der Waals surface area contributed by atoms with Gasteiger partial charge in [0.15, 0.2) is 0 Å². The average molecular weight is 256 g/mol. The maximum atomic E-state index is 6.03. The molecule has 2 nitrogen and oxygen atoms in total. The van der Waals surface area contributed by atoms with Crippen molar-refractivity contribution in [1.29, 1.82) is 0 Å². The zero-order valence-electron chi connectivity index (χ0n) is 10.9. The van der Waals surface area contributed by atoms with E-state index < -0.39 is 0 Å². The third-order valence-electron chi connectivity index (χ3n) is 2.50. The van der Waals surface area contributed by atoms with Crippen molar-refractivity contribution in [3.63, 3.8) is 0 Å². The van der Waals surface area contributed by atoms with Gasteiger partial charge in [0.1, 0.15) is 11.9 Å².